The van der Waals surface area contributed by atoms with Gasteiger partial charge in [-0.05, 0) is 76.5 Å². The molecule has 0 saturated carbocycles. The van der Waals surface area contributed by atoms with E-state index in [1.165, 1.54) is 0 Å². The summed E-state index contributed by atoms with van der Waals surface area (Å²) < 4.78 is 11.8. The van der Waals surface area contributed by atoms with Gasteiger partial charge in [0.1, 0.15) is 0 Å². The minimum atomic E-state index is -0.268. The standard InChI is InChI=1S/C16H17ClINO2/c1-9-6-14(20-2)15(21-3)8-11(9)16(19)12-7-10(17)4-5-13(12)18/h4-8,16H,19H2,1-3H3. The van der Waals surface area contributed by atoms with Crippen LogP contribution < -0.4 is 15.2 Å². The van der Waals surface area contributed by atoms with E-state index < -0.39 is 0 Å². The minimum Gasteiger partial charge on any atom is -0.493 e. The molecule has 0 saturated heterocycles. The molecule has 0 aromatic heterocycles. The molecule has 0 bridgehead atoms. The van der Waals surface area contributed by atoms with Gasteiger partial charge in [0.15, 0.2) is 11.5 Å². The van der Waals surface area contributed by atoms with Crippen LogP contribution in [0, 0.1) is 10.5 Å². The van der Waals surface area contributed by atoms with Crippen molar-refractivity contribution < 1.29 is 9.47 Å². The highest BCUT2D eigenvalue weighted by atomic mass is 127. The zero-order chi connectivity index (χ0) is 15.6. The van der Waals surface area contributed by atoms with Crippen LogP contribution in [0.25, 0.3) is 0 Å². The highest BCUT2D eigenvalue weighted by Crippen LogP contribution is 2.35. The van der Waals surface area contributed by atoms with Crippen molar-refractivity contribution in [1.29, 1.82) is 0 Å². The van der Waals surface area contributed by atoms with Gasteiger partial charge < -0.3 is 15.2 Å². The monoisotopic (exact) mass is 417 g/mol. The summed E-state index contributed by atoms with van der Waals surface area (Å²) in [5.41, 5.74) is 9.49. The lowest BCUT2D eigenvalue weighted by Crippen LogP contribution is -2.15. The van der Waals surface area contributed by atoms with Gasteiger partial charge in [0.05, 0.1) is 20.3 Å². The van der Waals surface area contributed by atoms with Crippen molar-refractivity contribution in [2.24, 2.45) is 5.73 Å². The summed E-state index contributed by atoms with van der Waals surface area (Å²) in [4.78, 5) is 0. The van der Waals surface area contributed by atoms with Crippen molar-refractivity contribution in [1.82, 2.24) is 0 Å². The summed E-state index contributed by atoms with van der Waals surface area (Å²) in [6.45, 7) is 2.01. The fourth-order valence-electron chi connectivity index (χ4n) is 2.25. The van der Waals surface area contributed by atoms with Crippen LogP contribution in [0.15, 0.2) is 30.3 Å². The van der Waals surface area contributed by atoms with Gasteiger partial charge in [-0.2, -0.15) is 0 Å². The van der Waals surface area contributed by atoms with E-state index in [1.54, 1.807) is 14.2 Å². The first-order valence-corrected chi connectivity index (χ1v) is 7.86. The molecule has 0 aliphatic heterocycles. The van der Waals surface area contributed by atoms with E-state index in [0.717, 1.165) is 20.3 Å². The molecule has 0 aliphatic carbocycles. The molecule has 0 amide bonds. The van der Waals surface area contributed by atoms with Crippen LogP contribution in [0.5, 0.6) is 11.5 Å². The summed E-state index contributed by atoms with van der Waals surface area (Å²) in [6, 6.07) is 9.33. The lowest BCUT2D eigenvalue weighted by molar-refractivity contribution is 0.354. The van der Waals surface area contributed by atoms with Gasteiger partial charge in [-0.3, -0.25) is 0 Å². The Labute approximate surface area is 143 Å². The van der Waals surface area contributed by atoms with Crippen LogP contribution in [-0.2, 0) is 0 Å². The molecule has 3 nitrogen and oxygen atoms in total. The first-order valence-electron chi connectivity index (χ1n) is 6.41. The summed E-state index contributed by atoms with van der Waals surface area (Å²) in [5, 5.41) is 0.680. The largest absolute Gasteiger partial charge is 0.493 e. The number of ether oxygens (including phenoxy) is 2. The molecule has 0 radical (unpaired) electrons. The Balaban J connectivity index is 2.52. The average molecular weight is 418 g/mol. The number of benzene rings is 2. The van der Waals surface area contributed by atoms with E-state index >= 15 is 0 Å². The molecule has 21 heavy (non-hydrogen) atoms. The summed E-state index contributed by atoms with van der Waals surface area (Å²) in [6.07, 6.45) is 0. The number of nitrogens with two attached hydrogens (primary N) is 1. The molecular formula is C16H17ClINO2. The van der Waals surface area contributed by atoms with Crippen LogP contribution in [-0.4, -0.2) is 14.2 Å². The molecular weight excluding hydrogens is 401 g/mol. The number of rotatable bonds is 4. The molecule has 0 spiro atoms. The molecule has 2 aromatic carbocycles. The highest BCUT2D eigenvalue weighted by Gasteiger charge is 2.18. The lowest BCUT2D eigenvalue weighted by Gasteiger charge is -2.19. The van der Waals surface area contributed by atoms with Crippen LogP contribution in [0.1, 0.15) is 22.7 Å². The third kappa shape index (κ3) is 3.44. The predicted molar refractivity (Wildman–Crippen MR) is 94.5 cm³/mol. The molecule has 2 N–H and O–H groups in total. The maximum Gasteiger partial charge on any atom is 0.161 e. The fourth-order valence-corrected chi connectivity index (χ4v) is 3.10. The SMILES string of the molecule is COc1cc(C)c(C(N)c2cc(Cl)ccc2I)cc1OC. The Hall–Kier alpha value is -0.980. The Bertz CT molecular complexity index is 661. The van der Waals surface area contributed by atoms with Crippen LogP contribution >= 0.6 is 34.2 Å². The average Bonchev–Trinajstić information content (AvgIpc) is 2.48. The molecule has 0 heterocycles. The third-order valence-corrected chi connectivity index (χ3v) is 4.62. The van der Waals surface area contributed by atoms with E-state index in [4.69, 9.17) is 26.8 Å². The molecule has 1 unspecified atom stereocenters. The highest BCUT2D eigenvalue weighted by molar-refractivity contribution is 14.1. The van der Waals surface area contributed by atoms with Crippen molar-refractivity contribution in [2.75, 3.05) is 14.2 Å². The Morgan fingerprint density at radius 3 is 2.29 bits per heavy atom. The lowest BCUT2D eigenvalue weighted by atomic mass is 9.95. The Morgan fingerprint density at radius 1 is 1.05 bits per heavy atom. The van der Waals surface area contributed by atoms with E-state index in [9.17, 15) is 0 Å². The topological polar surface area (TPSA) is 44.5 Å². The number of hydrogen-bond donors (Lipinski definition) is 1. The summed E-state index contributed by atoms with van der Waals surface area (Å²) in [5.74, 6) is 1.37. The van der Waals surface area contributed by atoms with Crippen molar-refractivity contribution in [2.45, 2.75) is 13.0 Å². The minimum absolute atomic E-state index is 0.268. The second kappa shape index (κ2) is 6.85. The van der Waals surface area contributed by atoms with Gasteiger partial charge >= 0.3 is 0 Å². The molecule has 0 fully saturated rings. The maximum atomic E-state index is 6.44. The van der Waals surface area contributed by atoms with E-state index in [0.29, 0.717) is 16.5 Å². The Kier molecular flexibility index (Phi) is 5.35. The van der Waals surface area contributed by atoms with Gasteiger partial charge in [-0.25, -0.2) is 0 Å². The quantitative estimate of drug-likeness (QED) is 0.754. The molecule has 112 valence electrons. The van der Waals surface area contributed by atoms with Crippen molar-refractivity contribution in [3.05, 3.63) is 55.6 Å². The number of halogens is 2. The molecule has 0 aliphatic rings. The molecule has 1 atom stereocenters. The summed E-state index contributed by atoms with van der Waals surface area (Å²) in [7, 11) is 3.24. The second-order valence-corrected chi connectivity index (χ2v) is 6.31. The van der Waals surface area contributed by atoms with E-state index in [-0.39, 0.29) is 6.04 Å². The maximum absolute atomic E-state index is 6.44. The van der Waals surface area contributed by atoms with Crippen molar-refractivity contribution in [3.63, 3.8) is 0 Å². The number of methoxy groups -OCH3 is 2. The smallest absolute Gasteiger partial charge is 0.161 e. The van der Waals surface area contributed by atoms with Crippen LogP contribution in [0.4, 0.5) is 0 Å². The van der Waals surface area contributed by atoms with Gasteiger partial charge in [0.2, 0.25) is 0 Å². The van der Waals surface area contributed by atoms with E-state index in [2.05, 4.69) is 22.6 Å². The summed E-state index contributed by atoms with van der Waals surface area (Å²) >= 11 is 8.36. The van der Waals surface area contributed by atoms with Gasteiger partial charge in [-0.1, -0.05) is 11.6 Å². The van der Waals surface area contributed by atoms with Crippen LogP contribution in [0.3, 0.4) is 0 Å². The normalized spacial score (nSPS) is 12.1. The van der Waals surface area contributed by atoms with Gasteiger partial charge in [-0.15, -0.1) is 0 Å². The number of hydrogen-bond acceptors (Lipinski definition) is 3. The van der Waals surface area contributed by atoms with Crippen molar-refractivity contribution >= 4 is 34.2 Å². The first-order chi connectivity index (χ1) is 9.97. The molecule has 2 rings (SSSR count). The third-order valence-electron chi connectivity index (χ3n) is 3.40. The Morgan fingerprint density at radius 2 is 1.67 bits per heavy atom. The van der Waals surface area contributed by atoms with Crippen LogP contribution in [0.2, 0.25) is 5.02 Å². The zero-order valence-electron chi connectivity index (χ0n) is 12.1. The fraction of sp³-hybridized carbons (Fsp3) is 0.250. The van der Waals surface area contributed by atoms with Gasteiger partial charge in [0, 0.05) is 8.59 Å². The second-order valence-electron chi connectivity index (χ2n) is 4.71. The first kappa shape index (κ1) is 16.4. The van der Waals surface area contributed by atoms with Crippen molar-refractivity contribution in [3.8, 4) is 11.5 Å². The molecule has 2 aromatic rings. The zero-order valence-corrected chi connectivity index (χ0v) is 15.0. The molecule has 5 heteroatoms. The van der Waals surface area contributed by atoms with Gasteiger partial charge in [0.25, 0.3) is 0 Å². The number of aryl methyl sites for hydroxylation is 1. The predicted octanol–water partition coefficient (Wildman–Crippen LogP) is 4.32. The van der Waals surface area contributed by atoms with E-state index in [1.807, 2.05) is 37.3 Å².